The van der Waals surface area contributed by atoms with Gasteiger partial charge in [-0.1, -0.05) is 0 Å². The van der Waals surface area contributed by atoms with E-state index in [0.717, 1.165) is 56.8 Å². The van der Waals surface area contributed by atoms with E-state index in [1.165, 1.54) is 5.56 Å². The van der Waals surface area contributed by atoms with E-state index in [1.807, 2.05) is 12.4 Å². The van der Waals surface area contributed by atoms with E-state index in [2.05, 4.69) is 43.4 Å². The van der Waals surface area contributed by atoms with E-state index < -0.39 is 0 Å². The fourth-order valence-corrected chi connectivity index (χ4v) is 3.86. The van der Waals surface area contributed by atoms with Crippen molar-refractivity contribution in [3.8, 4) is 0 Å². The molecule has 1 saturated heterocycles. The number of nitrogens with zero attached hydrogens (tertiary/aromatic N) is 4. The first-order valence-electron chi connectivity index (χ1n) is 9.43. The Morgan fingerprint density at radius 2 is 1.75 bits per heavy atom. The van der Waals surface area contributed by atoms with Gasteiger partial charge in [-0.05, 0) is 43.4 Å². The number of likely N-dealkylation sites (tertiary alicyclic amines) is 1. The summed E-state index contributed by atoms with van der Waals surface area (Å²) in [4.78, 5) is 15.3. The van der Waals surface area contributed by atoms with Crippen LogP contribution in [0.3, 0.4) is 0 Å². The van der Waals surface area contributed by atoms with Crippen LogP contribution in [0.1, 0.15) is 42.9 Å². The lowest BCUT2D eigenvalue weighted by Crippen LogP contribution is -2.39. The number of pyridine rings is 1. The second kappa shape index (κ2) is 10.2. The summed E-state index contributed by atoms with van der Waals surface area (Å²) in [7, 11) is 0. The van der Waals surface area contributed by atoms with Gasteiger partial charge in [0.25, 0.3) is 0 Å². The Bertz CT molecular complexity index is 732. The van der Waals surface area contributed by atoms with E-state index in [4.69, 9.17) is 11.5 Å². The second-order valence-electron chi connectivity index (χ2n) is 7.51. The maximum Gasteiger partial charge on any atom is 0.222 e. The zero-order valence-electron chi connectivity index (χ0n) is 15.8. The van der Waals surface area contributed by atoms with E-state index in [9.17, 15) is 0 Å². The quantitative estimate of drug-likeness (QED) is 0.675. The van der Waals surface area contributed by atoms with Crippen LogP contribution in [0.15, 0.2) is 30.6 Å². The molecule has 2 fully saturated rings. The number of hydrogen-bond acceptors (Lipinski definition) is 7. The average Bonchev–Trinajstić information content (AvgIpc) is 2.61. The summed E-state index contributed by atoms with van der Waals surface area (Å²) in [6, 6.07) is 6.95. The summed E-state index contributed by atoms with van der Waals surface area (Å²) in [6.07, 6.45) is 7.88. The Labute approximate surface area is 178 Å². The van der Waals surface area contributed by atoms with Crippen molar-refractivity contribution in [2.45, 2.75) is 50.2 Å². The first kappa shape index (κ1) is 22.6. The second-order valence-corrected chi connectivity index (χ2v) is 7.51. The molecule has 0 spiro atoms. The Balaban J connectivity index is 0.00000140. The van der Waals surface area contributed by atoms with Crippen LogP contribution in [0, 0.1) is 0 Å². The molecule has 0 radical (unpaired) electrons. The molecule has 0 amide bonds. The first-order chi connectivity index (χ1) is 12.7. The smallest absolute Gasteiger partial charge is 0.222 e. The van der Waals surface area contributed by atoms with Crippen LogP contribution in [-0.2, 0) is 6.54 Å². The van der Waals surface area contributed by atoms with Crippen LogP contribution in [0.25, 0.3) is 0 Å². The Morgan fingerprint density at radius 3 is 2.39 bits per heavy atom. The van der Waals surface area contributed by atoms with Gasteiger partial charge in [-0.15, -0.1) is 24.8 Å². The number of nitrogens with two attached hydrogens (primary N) is 2. The predicted octanol–water partition coefficient (Wildman–Crippen LogP) is 2.58. The molecule has 2 aromatic rings. The third kappa shape index (κ3) is 5.67. The molecule has 3 heterocycles. The molecule has 1 aliphatic heterocycles. The molecular weight excluding hydrogens is 397 g/mol. The van der Waals surface area contributed by atoms with Crippen molar-refractivity contribution < 1.29 is 0 Å². The van der Waals surface area contributed by atoms with Crippen LogP contribution in [-0.4, -0.2) is 45.0 Å². The summed E-state index contributed by atoms with van der Waals surface area (Å²) < 4.78 is 0. The predicted molar refractivity (Wildman–Crippen MR) is 117 cm³/mol. The molecule has 9 heteroatoms. The summed E-state index contributed by atoms with van der Waals surface area (Å²) in [6.45, 7) is 3.14. The van der Waals surface area contributed by atoms with E-state index in [1.54, 1.807) is 0 Å². The largest absolute Gasteiger partial charge is 0.368 e. The van der Waals surface area contributed by atoms with Gasteiger partial charge in [-0.3, -0.25) is 9.88 Å². The highest BCUT2D eigenvalue weighted by atomic mass is 35.5. The van der Waals surface area contributed by atoms with Crippen molar-refractivity contribution in [1.82, 2.24) is 19.9 Å². The zero-order chi connectivity index (χ0) is 17.9. The minimum Gasteiger partial charge on any atom is -0.368 e. The SMILES string of the molecule is Cl.Cl.Nc1nc(NC2CCN(Cc3ccncc3)CC2)cc(C2CC(N)C2)n1. The van der Waals surface area contributed by atoms with Crippen LogP contribution >= 0.6 is 24.8 Å². The fourth-order valence-electron chi connectivity index (χ4n) is 3.86. The molecular formula is C19H29Cl2N7. The van der Waals surface area contributed by atoms with Crippen molar-refractivity contribution in [2.24, 2.45) is 5.73 Å². The first-order valence-corrected chi connectivity index (χ1v) is 9.43. The number of rotatable bonds is 5. The van der Waals surface area contributed by atoms with Crippen LogP contribution in [0.4, 0.5) is 11.8 Å². The van der Waals surface area contributed by atoms with Gasteiger partial charge in [0.15, 0.2) is 0 Å². The van der Waals surface area contributed by atoms with Crippen molar-refractivity contribution >= 4 is 36.6 Å². The Kier molecular flexibility index (Phi) is 8.24. The number of nitrogen functional groups attached to an aromatic ring is 1. The van der Waals surface area contributed by atoms with E-state index in [-0.39, 0.29) is 24.8 Å². The van der Waals surface area contributed by atoms with E-state index >= 15 is 0 Å². The summed E-state index contributed by atoms with van der Waals surface area (Å²) in [5.74, 6) is 1.62. The fraction of sp³-hybridized carbons (Fsp3) is 0.526. The number of halogens is 2. The number of anilines is 2. The molecule has 1 saturated carbocycles. The average molecular weight is 426 g/mol. The van der Waals surface area contributed by atoms with Gasteiger partial charge in [0.05, 0.1) is 5.69 Å². The molecule has 0 unspecified atom stereocenters. The van der Waals surface area contributed by atoms with Crippen molar-refractivity contribution in [1.29, 1.82) is 0 Å². The van der Waals surface area contributed by atoms with Gasteiger partial charge in [0, 0.05) is 56.1 Å². The maximum atomic E-state index is 5.92. The number of nitrogens with one attached hydrogen (secondary N) is 1. The summed E-state index contributed by atoms with van der Waals surface area (Å²) in [5.41, 5.74) is 14.2. The molecule has 2 aromatic heterocycles. The van der Waals surface area contributed by atoms with Gasteiger partial charge >= 0.3 is 0 Å². The molecule has 4 rings (SSSR count). The zero-order valence-corrected chi connectivity index (χ0v) is 17.5. The number of hydrogen-bond donors (Lipinski definition) is 3. The lowest BCUT2D eigenvalue weighted by molar-refractivity contribution is 0.211. The molecule has 0 aromatic carbocycles. The molecule has 28 heavy (non-hydrogen) atoms. The Morgan fingerprint density at radius 1 is 1.07 bits per heavy atom. The molecule has 7 nitrogen and oxygen atoms in total. The molecule has 5 N–H and O–H groups in total. The van der Waals surface area contributed by atoms with E-state index in [0.29, 0.717) is 23.9 Å². The topological polar surface area (TPSA) is 106 Å². The van der Waals surface area contributed by atoms with Crippen LogP contribution in [0.5, 0.6) is 0 Å². The van der Waals surface area contributed by atoms with Gasteiger partial charge in [0.1, 0.15) is 5.82 Å². The highest BCUT2D eigenvalue weighted by Crippen LogP contribution is 2.35. The molecule has 0 bridgehead atoms. The summed E-state index contributed by atoms with van der Waals surface area (Å²) in [5, 5.41) is 3.56. The molecule has 2 aliphatic rings. The lowest BCUT2D eigenvalue weighted by Gasteiger charge is -2.33. The molecule has 1 aliphatic carbocycles. The summed E-state index contributed by atoms with van der Waals surface area (Å²) >= 11 is 0. The van der Waals surface area contributed by atoms with Crippen LogP contribution in [0.2, 0.25) is 0 Å². The van der Waals surface area contributed by atoms with Gasteiger partial charge in [0.2, 0.25) is 5.95 Å². The van der Waals surface area contributed by atoms with Gasteiger partial charge in [-0.2, -0.15) is 4.98 Å². The normalized spacial score (nSPS) is 22.5. The number of piperidine rings is 1. The molecule has 154 valence electrons. The lowest BCUT2D eigenvalue weighted by atomic mass is 9.78. The Hall–Kier alpha value is -1.67. The standard InChI is InChI=1S/C19H27N7.2ClH/c20-15-9-14(10-15)17-11-18(25-19(21)24-17)23-16-3-7-26(8-4-16)12-13-1-5-22-6-2-13;;/h1-2,5-6,11,14-16H,3-4,7-10,12,20H2,(H3,21,23,24,25);2*1H. The minimum absolute atomic E-state index is 0. The van der Waals surface area contributed by atoms with Gasteiger partial charge in [-0.25, -0.2) is 4.98 Å². The molecule has 0 atom stereocenters. The third-order valence-corrected chi connectivity index (χ3v) is 5.45. The van der Waals surface area contributed by atoms with Crippen LogP contribution < -0.4 is 16.8 Å². The third-order valence-electron chi connectivity index (χ3n) is 5.45. The van der Waals surface area contributed by atoms with Crippen molar-refractivity contribution in [3.05, 3.63) is 41.9 Å². The monoisotopic (exact) mass is 425 g/mol. The van der Waals surface area contributed by atoms with Crippen molar-refractivity contribution in [3.63, 3.8) is 0 Å². The number of aromatic nitrogens is 3. The maximum absolute atomic E-state index is 5.92. The highest BCUT2D eigenvalue weighted by molar-refractivity contribution is 5.85. The highest BCUT2D eigenvalue weighted by Gasteiger charge is 2.29. The van der Waals surface area contributed by atoms with Gasteiger partial charge < -0.3 is 16.8 Å². The van der Waals surface area contributed by atoms with Crippen molar-refractivity contribution in [2.75, 3.05) is 24.1 Å². The minimum atomic E-state index is 0.